The summed E-state index contributed by atoms with van der Waals surface area (Å²) in [5.41, 5.74) is 7.66. The van der Waals surface area contributed by atoms with E-state index in [4.69, 9.17) is 9.84 Å². The molecule has 46 heavy (non-hydrogen) atoms. The number of ether oxygens (including phenoxy) is 1. The first kappa shape index (κ1) is 40.4. The number of hydrogen-bond donors (Lipinski definition) is 2. The van der Waals surface area contributed by atoms with Crippen LogP contribution >= 0.6 is 0 Å². The second-order valence-corrected chi connectivity index (χ2v) is 12.5. The number of nitrogens with zero attached hydrogens (tertiary/aromatic N) is 2. The maximum absolute atomic E-state index is 10.4. The Morgan fingerprint density at radius 1 is 1.04 bits per heavy atom. The molecule has 0 unspecified atom stereocenters. The molecule has 0 radical (unpaired) electrons. The number of benzene rings is 1. The van der Waals surface area contributed by atoms with Crippen molar-refractivity contribution in [1.82, 2.24) is 5.32 Å². The third-order valence-corrected chi connectivity index (χ3v) is 8.36. The van der Waals surface area contributed by atoms with Gasteiger partial charge in [0.05, 0.1) is 33.7 Å². The lowest BCUT2D eigenvalue weighted by Crippen LogP contribution is -2.46. The molecule has 1 heterocycles. The Labute approximate surface area is 280 Å². The third-order valence-electron chi connectivity index (χ3n) is 8.36. The summed E-state index contributed by atoms with van der Waals surface area (Å²) in [6, 6.07) is 10.3. The molecule has 254 valence electrons. The molecular formula is C40H62N3O3+. The van der Waals surface area contributed by atoms with Crippen molar-refractivity contribution in [3.05, 3.63) is 101 Å². The van der Waals surface area contributed by atoms with Crippen LogP contribution in [0.4, 0.5) is 0 Å². The van der Waals surface area contributed by atoms with E-state index in [0.717, 1.165) is 68.4 Å². The molecule has 0 amide bonds. The van der Waals surface area contributed by atoms with Crippen molar-refractivity contribution >= 4 is 17.8 Å². The van der Waals surface area contributed by atoms with Crippen LogP contribution in [0.3, 0.4) is 0 Å². The van der Waals surface area contributed by atoms with Crippen LogP contribution in [0.25, 0.3) is 5.57 Å². The topological polar surface area (TPSA) is 70.9 Å². The molecular weight excluding hydrogens is 570 g/mol. The number of quaternary nitrogens is 1. The molecule has 0 saturated heterocycles. The van der Waals surface area contributed by atoms with Gasteiger partial charge in [-0.05, 0) is 80.0 Å². The Balaban J connectivity index is 0.000000814. The van der Waals surface area contributed by atoms with E-state index < -0.39 is 5.97 Å². The minimum absolute atomic E-state index is 0.0289. The van der Waals surface area contributed by atoms with Gasteiger partial charge in [0.25, 0.3) is 0 Å². The SMILES string of the molecule is C=C(/N=C\C=C(/C)c1ccccc1)NCC1=C(/C(C)=C/C=C(OC)\C(C)=C\CC)C[N+](C)(C)CC1.CC.O=C(O)C1CCCCC1. The van der Waals surface area contributed by atoms with Crippen LogP contribution in [0, 0.1) is 5.92 Å². The molecule has 1 aliphatic carbocycles. The Hall–Kier alpha value is -3.64. The first-order valence-corrected chi connectivity index (χ1v) is 17.0. The van der Waals surface area contributed by atoms with Gasteiger partial charge in [-0.25, -0.2) is 4.99 Å². The monoisotopic (exact) mass is 632 g/mol. The zero-order chi connectivity index (χ0) is 34.5. The van der Waals surface area contributed by atoms with E-state index in [1.165, 1.54) is 39.8 Å². The normalized spacial score (nSPS) is 17.8. The molecule has 2 N–H and O–H groups in total. The Morgan fingerprint density at radius 3 is 2.26 bits per heavy atom. The number of aliphatic carboxylic acids is 1. The number of carboxylic acids is 1. The van der Waals surface area contributed by atoms with Gasteiger partial charge in [0.1, 0.15) is 18.1 Å². The molecule has 2 aliphatic rings. The molecule has 0 aromatic heterocycles. The smallest absolute Gasteiger partial charge is 0.306 e. The van der Waals surface area contributed by atoms with E-state index >= 15 is 0 Å². The van der Waals surface area contributed by atoms with Crippen LogP contribution in [0.15, 0.2) is 100 Å². The van der Waals surface area contributed by atoms with Gasteiger partial charge in [0.2, 0.25) is 0 Å². The number of methoxy groups -OCH3 is 1. The van der Waals surface area contributed by atoms with Crippen LogP contribution in [-0.2, 0) is 9.53 Å². The molecule has 1 aromatic carbocycles. The molecule has 1 fully saturated rings. The molecule has 1 aromatic rings. The predicted octanol–water partition coefficient (Wildman–Crippen LogP) is 9.51. The highest BCUT2D eigenvalue weighted by Gasteiger charge is 2.27. The van der Waals surface area contributed by atoms with Crippen molar-refractivity contribution in [3.63, 3.8) is 0 Å². The van der Waals surface area contributed by atoms with E-state index in [9.17, 15) is 4.79 Å². The maximum atomic E-state index is 10.4. The highest BCUT2D eigenvalue weighted by Crippen LogP contribution is 2.27. The van der Waals surface area contributed by atoms with Gasteiger partial charge in [-0.2, -0.15) is 0 Å². The molecule has 0 spiro atoms. The maximum Gasteiger partial charge on any atom is 0.306 e. The van der Waals surface area contributed by atoms with Crippen molar-refractivity contribution in [2.45, 2.75) is 86.5 Å². The predicted molar refractivity (Wildman–Crippen MR) is 198 cm³/mol. The summed E-state index contributed by atoms with van der Waals surface area (Å²) < 4.78 is 6.60. The number of rotatable bonds is 12. The average Bonchev–Trinajstić information content (AvgIpc) is 3.06. The summed E-state index contributed by atoms with van der Waals surface area (Å²) in [7, 11) is 6.33. The number of carboxylic acid groups (broad SMARTS) is 1. The van der Waals surface area contributed by atoms with Gasteiger partial charge in [-0.1, -0.05) is 89.1 Å². The van der Waals surface area contributed by atoms with Crippen LogP contribution in [0.5, 0.6) is 0 Å². The second kappa shape index (κ2) is 22.0. The van der Waals surface area contributed by atoms with Crippen LogP contribution in [0.2, 0.25) is 0 Å². The first-order valence-electron chi connectivity index (χ1n) is 17.0. The lowest BCUT2D eigenvalue weighted by molar-refractivity contribution is -0.887. The fourth-order valence-electron chi connectivity index (χ4n) is 5.51. The summed E-state index contributed by atoms with van der Waals surface area (Å²) in [4.78, 5) is 14.9. The van der Waals surface area contributed by atoms with E-state index in [1.54, 1.807) is 7.11 Å². The molecule has 3 rings (SSSR count). The highest BCUT2D eigenvalue weighted by molar-refractivity contribution is 5.84. The van der Waals surface area contributed by atoms with Gasteiger partial charge < -0.3 is 19.6 Å². The quantitative estimate of drug-likeness (QED) is 0.104. The van der Waals surface area contributed by atoms with Crippen molar-refractivity contribution in [2.24, 2.45) is 10.9 Å². The minimum Gasteiger partial charge on any atom is -0.497 e. The lowest BCUT2D eigenvalue weighted by Gasteiger charge is -2.36. The fourth-order valence-corrected chi connectivity index (χ4v) is 5.51. The summed E-state index contributed by atoms with van der Waals surface area (Å²) >= 11 is 0. The summed E-state index contributed by atoms with van der Waals surface area (Å²) in [6.07, 6.45) is 17.6. The van der Waals surface area contributed by atoms with Gasteiger partial charge >= 0.3 is 5.97 Å². The Kier molecular flexibility index (Phi) is 19.3. The third kappa shape index (κ3) is 15.1. The first-order chi connectivity index (χ1) is 22.0. The minimum atomic E-state index is -0.602. The number of hydrogen-bond acceptors (Lipinski definition) is 4. The Bertz CT molecular complexity index is 1270. The van der Waals surface area contributed by atoms with Gasteiger partial charge in [-0.3, -0.25) is 4.79 Å². The van der Waals surface area contributed by atoms with E-state index in [1.807, 2.05) is 44.3 Å². The van der Waals surface area contributed by atoms with Crippen LogP contribution < -0.4 is 5.32 Å². The van der Waals surface area contributed by atoms with Crippen molar-refractivity contribution < 1.29 is 19.1 Å². The van der Waals surface area contributed by atoms with Crippen molar-refractivity contribution in [1.29, 1.82) is 0 Å². The summed E-state index contributed by atoms with van der Waals surface area (Å²) in [5.74, 6) is 0.961. The fraction of sp³-hybridized carbons (Fsp3) is 0.500. The molecule has 0 atom stereocenters. The second-order valence-electron chi connectivity index (χ2n) is 12.5. The molecule has 6 nitrogen and oxygen atoms in total. The number of allylic oxidation sites excluding steroid dienone is 6. The zero-order valence-corrected chi connectivity index (χ0v) is 30.3. The van der Waals surface area contributed by atoms with Crippen molar-refractivity contribution in [3.8, 4) is 0 Å². The van der Waals surface area contributed by atoms with E-state index in [2.05, 4.69) is 89.0 Å². The molecule has 1 saturated carbocycles. The number of nitrogens with one attached hydrogen (secondary N) is 1. The molecule has 1 aliphatic heterocycles. The van der Waals surface area contributed by atoms with Crippen LogP contribution in [0.1, 0.15) is 92.1 Å². The standard InChI is InChI=1S/C31H44N3O.C7H12O2.C2H6/c1-9-13-26(4)31(35-8)17-16-25(3)30-23-34(6,7)21-19-29(30)22-33-27(5)32-20-18-24(2)28-14-11-10-12-15-28;8-7(9)6-4-2-1-3-5-6;1-2/h10-18,20,33H,5,9,19,21-23H2,1-4,6-8H3;6H,1-5H2,(H,8,9);1-2H3/q+1;;/b24-18+,25-16+,26-13+,31-17+,32-20-;;. The summed E-state index contributed by atoms with van der Waals surface area (Å²) in [6.45, 7) is 19.5. The van der Waals surface area contributed by atoms with Crippen molar-refractivity contribution in [2.75, 3.05) is 40.8 Å². The number of likely N-dealkylation sites (N-methyl/N-ethyl adjacent to an activating group) is 1. The van der Waals surface area contributed by atoms with Gasteiger partial charge in [0, 0.05) is 24.8 Å². The zero-order valence-electron chi connectivity index (χ0n) is 30.3. The number of carbonyl (C=O) groups is 1. The van der Waals surface area contributed by atoms with E-state index in [0.29, 0.717) is 5.82 Å². The van der Waals surface area contributed by atoms with E-state index in [-0.39, 0.29) is 5.92 Å². The van der Waals surface area contributed by atoms with Gasteiger partial charge in [-0.15, -0.1) is 0 Å². The average molecular weight is 633 g/mol. The Morgan fingerprint density at radius 2 is 1.70 bits per heavy atom. The van der Waals surface area contributed by atoms with Gasteiger partial charge in [0.15, 0.2) is 0 Å². The van der Waals surface area contributed by atoms with Crippen LogP contribution in [-0.4, -0.2) is 62.6 Å². The summed E-state index contributed by atoms with van der Waals surface area (Å²) in [5, 5.41) is 12.0. The lowest BCUT2D eigenvalue weighted by atomic mass is 9.90. The molecule has 0 bridgehead atoms. The molecule has 6 heteroatoms. The number of aliphatic imine (C=N–C) groups is 1. The largest absolute Gasteiger partial charge is 0.497 e. The highest BCUT2D eigenvalue weighted by atomic mass is 16.5.